The number of hydrogen-bond acceptors (Lipinski definition) is 3. The molecule has 2 rings (SSSR count). The minimum absolute atomic E-state index is 0.489. The van der Waals surface area contributed by atoms with E-state index in [0.29, 0.717) is 23.1 Å². The van der Waals surface area contributed by atoms with E-state index in [1.54, 1.807) is 7.11 Å². The van der Waals surface area contributed by atoms with E-state index >= 15 is 0 Å². The second kappa shape index (κ2) is 11.0. The van der Waals surface area contributed by atoms with Crippen molar-refractivity contribution in [1.82, 2.24) is 5.32 Å². The maximum absolute atomic E-state index is 6.43. The van der Waals surface area contributed by atoms with E-state index in [4.69, 9.17) is 21.1 Å². The first-order valence-electron chi connectivity index (χ1n) is 8.98. The molecule has 0 bridgehead atoms. The van der Waals surface area contributed by atoms with Gasteiger partial charge in [-0.2, -0.15) is 0 Å². The minimum Gasteiger partial charge on any atom is -0.493 e. The number of benzene rings is 2. The van der Waals surface area contributed by atoms with Crippen LogP contribution >= 0.6 is 11.6 Å². The number of methoxy groups -OCH3 is 1. The number of nitrogens with one attached hydrogen (secondary N) is 1. The number of unbranched alkanes of at least 4 members (excludes halogenated alkanes) is 3. The molecule has 0 amide bonds. The molecule has 136 valence electrons. The predicted molar refractivity (Wildman–Crippen MR) is 105 cm³/mol. The van der Waals surface area contributed by atoms with Gasteiger partial charge in [0.25, 0.3) is 0 Å². The van der Waals surface area contributed by atoms with Crippen molar-refractivity contribution in [3.8, 4) is 11.5 Å². The Balaban J connectivity index is 1.92. The van der Waals surface area contributed by atoms with Crippen molar-refractivity contribution in [3.63, 3.8) is 0 Å². The fourth-order valence-corrected chi connectivity index (χ4v) is 2.84. The van der Waals surface area contributed by atoms with Gasteiger partial charge in [0, 0.05) is 17.6 Å². The van der Waals surface area contributed by atoms with Gasteiger partial charge in [-0.3, -0.25) is 0 Å². The number of rotatable bonds is 11. The standard InChI is InChI=1S/C21H28ClNO2/c1-3-4-5-9-12-23-15-18-13-20(24-2)21(14-19(18)22)25-16-17-10-7-6-8-11-17/h6-8,10-11,13-14,23H,3-5,9,12,15-16H2,1-2H3. The maximum atomic E-state index is 6.43. The van der Waals surface area contributed by atoms with Crippen LogP contribution in [0.3, 0.4) is 0 Å². The van der Waals surface area contributed by atoms with Crippen molar-refractivity contribution >= 4 is 11.6 Å². The number of halogens is 1. The highest BCUT2D eigenvalue weighted by molar-refractivity contribution is 6.31. The summed E-state index contributed by atoms with van der Waals surface area (Å²) >= 11 is 6.43. The van der Waals surface area contributed by atoms with Gasteiger partial charge in [-0.25, -0.2) is 0 Å². The quantitative estimate of drug-likeness (QED) is 0.528. The summed E-state index contributed by atoms with van der Waals surface area (Å²) in [6, 6.07) is 13.9. The molecule has 2 aromatic rings. The van der Waals surface area contributed by atoms with Crippen LogP contribution in [-0.2, 0) is 13.2 Å². The van der Waals surface area contributed by atoms with Crippen LogP contribution < -0.4 is 14.8 Å². The van der Waals surface area contributed by atoms with Crippen LogP contribution in [0.1, 0.15) is 43.7 Å². The van der Waals surface area contributed by atoms with Gasteiger partial charge in [0.1, 0.15) is 6.61 Å². The average Bonchev–Trinajstić information content (AvgIpc) is 2.65. The molecular formula is C21H28ClNO2. The SMILES string of the molecule is CCCCCCNCc1cc(OC)c(OCc2ccccc2)cc1Cl. The van der Waals surface area contributed by atoms with Gasteiger partial charge in [-0.1, -0.05) is 68.1 Å². The van der Waals surface area contributed by atoms with Crippen LogP contribution in [0.15, 0.2) is 42.5 Å². The fourth-order valence-electron chi connectivity index (χ4n) is 2.62. The monoisotopic (exact) mass is 361 g/mol. The average molecular weight is 362 g/mol. The normalized spacial score (nSPS) is 10.7. The third-order valence-corrected chi connectivity index (χ3v) is 4.44. The molecule has 0 saturated heterocycles. The third-order valence-electron chi connectivity index (χ3n) is 4.09. The van der Waals surface area contributed by atoms with Crippen molar-refractivity contribution < 1.29 is 9.47 Å². The Labute approximate surface area is 156 Å². The van der Waals surface area contributed by atoms with Crippen LogP contribution in [0.25, 0.3) is 0 Å². The Morgan fingerprint density at radius 2 is 1.80 bits per heavy atom. The minimum atomic E-state index is 0.489. The number of ether oxygens (including phenoxy) is 2. The molecule has 0 aliphatic rings. The Bertz CT molecular complexity index is 631. The largest absolute Gasteiger partial charge is 0.493 e. The van der Waals surface area contributed by atoms with Crippen molar-refractivity contribution in [1.29, 1.82) is 0 Å². The zero-order chi connectivity index (χ0) is 17.9. The first-order valence-corrected chi connectivity index (χ1v) is 9.36. The molecule has 0 aliphatic heterocycles. The predicted octanol–water partition coefficient (Wildman–Crippen LogP) is 5.60. The molecule has 0 unspecified atom stereocenters. The second-order valence-electron chi connectivity index (χ2n) is 6.11. The summed E-state index contributed by atoms with van der Waals surface area (Å²) in [5.41, 5.74) is 2.14. The van der Waals surface area contributed by atoms with Crippen LogP contribution in [0, 0.1) is 0 Å². The summed E-state index contributed by atoms with van der Waals surface area (Å²) in [7, 11) is 1.65. The molecular weight excluding hydrogens is 334 g/mol. The topological polar surface area (TPSA) is 30.5 Å². The molecule has 4 heteroatoms. The molecule has 25 heavy (non-hydrogen) atoms. The third kappa shape index (κ3) is 6.60. The van der Waals surface area contributed by atoms with E-state index in [1.165, 1.54) is 25.7 Å². The lowest BCUT2D eigenvalue weighted by Crippen LogP contribution is -2.15. The lowest BCUT2D eigenvalue weighted by molar-refractivity contribution is 0.284. The fraction of sp³-hybridized carbons (Fsp3) is 0.429. The van der Waals surface area contributed by atoms with Crippen LogP contribution in [-0.4, -0.2) is 13.7 Å². The summed E-state index contributed by atoms with van der Waals surface area (Å²) in [6.07, 6.45) is 5.02. The highest BCUT2D eigenvalue weighted by Crippen LogP contribution is 2.33. The molecule has 0 atom stereocenters. The molecule has 0 fully saturated rings. The zero-order valence-corrected chi connectivity index (χ0v) is 15.9. The van der Waals surface area contributed by atoms with E-state index in [2.05, 4.69) is 12.2 Å². The van der Waals surface area contributed by atoms with Crippen molar-refractivity contribution in [2.24, 2.45) is 0 Å². The molecule has 2 aromatic carbocycles. The van der Waals surface area contributed by atoms with Crippen LogP contribution in [0.2, 0.25) is 5.02 Å². The van der Waals surface area contributed by atoms with E-state index in [-0.39, 0.29) is 0 Å². The Morgan fingerprint density at radius 3 is 2.52 bits per heavy atom. The van der Waals surface area contributed by atoms with Gasteiger partial charge in [-0.05, 0) is 30.2 Å². The Hall–Kier alpha value is -1.71. The molecule has 0 aromatic heterocycles. The summed E-state index contributed by atoms with van der Waals surface area (Å²) in [5, 5.41) is 4.15. The molecule has 0 saturated carbocycles. The van der Waals surface area contributed by atoms with Gasteiger partial charge >= 0.3 is 0 Å². The first-order chi connectivity index (χ1) is 12.2. The van der Waals surface area contributed by atoms with Gasteiger partial charge in [0.2, 0.25) is 0 Å². The lowest BCUT2D eigenvalue weighted by atomic mass is 10.1. The molecule has 0 heterocycles. The van der Waals surface area contributed by atoms with Crippen LogP contribution in [0.5, 0.6) is 11.5 Å². The summed E-state index contributed by atoms with van der Waals surface area (Å²) < 4.78 is 11.4. The lowest BCUT2D eigenvalue weighted by Gasteiger charge is -2.14. The summed E-state index contributed by atoms with van der Waals surface area (Å²) in [5.74, 6) is 1.38. The van der Waals surface area contributed by atoms with Crippen molar-refractivity contribution in [2.45, 2.75) is 45.8 Å². The first kappa shape index (κ1) is 19.6. The summed E-state index contributed by atoms with van der Waals surface area (Å²) in [6.45, 7) is 4.45. The molecule has 0 radical (unpaired) electrons. The van der Waals surface area contributed by atoms with Gasteiger partial charge in [0.15, 0.2) is 11.5 Å². The Morgan fingerprint density at radius 1 is 1.00 bits per heavy atom. The molecule has 3 nitrogen and oxygen atoms in total. The smallest absolute Gasteiger partial charge is 0.163 e. The maximum Gasteiger partial charge on any atom is 0.163 e. The highest BCUT2D eigenvalue weighted by Gasteiger charge is 2.11. The van der Waals surface area contributed by atoms with E-state index in [1.807, 2.05) is 42.5 Å². The zero-order valence-electron chi connectivity index (χ0n) is 15.2. The molecule has 1 N–H and O–H groups in total. The molecule has 0 aliphatic carbocycles. The highest BCUT2D eigenvalue weighted by atomic mass is 35.5. The van der Waals surface area contributed by atoms with E-state index in [0.717, 1.165) is 24.2 Å². The number of hydrogen-bond donors (Lipinski definition) is 1. The van der Waals surface area contributed by atoms with Crippen molar-refractivity contribution in [2.75, 3.05) is 13.7 Å². The molecule has 0 spiro atoms. The van der Waals surface area contributed by atoms with E-state index < -0.39 is 0 Å². The van der Waals surface area contributed by atoms with Crippen LogP contribution in [0.4, 0.5) is 0 Å². The van der Waals surface area contributed by atoms with Gasteiger partial charge < -0.3 is 14.8 Å². The van der Waals surface area contributed by atoms with Gasteiger partial charge in [0.05, 0.1) is 7.11 Å². The van der Waals surface area contributed by atoms with Gasteiger partial charge in [-0.15, -0.1) is 0 Å². The van der Waals surface area contributed by atoms with E-state index in [9.17, 15) is 0 Å². The van der Waals surface area contributed by atoms with Crippen molar-refractivity contribution in [3.05, 3.63) is 58.6 Å². The summed E-state index contributed by atoms with van der Waals surface area (Å²) in [4.78, 5) is 0. The second-order valence-corrected chi connectivity index (χ2v) is 6.51. The Kier molecular flexibility index (Phi) is 8.64.